The predicted octanol–water partition coefficient (Wildman–Crippen LogP) is 4.46. The van der Waals surface area contributed by atoms with Crippen molar-refractivity contribution in [3.05, 3.63) is 77.2 Å². The number of hydrogen-bond donors (Lipinski definition) is 2. The summed E-state index contributed by atoms with van der Waals surface area (Å²) in [7, 11) is 0. The van der Waals surface area contributed by atoms with E-state index in [1.54, 1.807) is 49.4 Å². The molecular weight excluding hydrogens is 394 g/mol. The van der Waals surface area contributed by atoms with E-state index < -0.39 is 17.9 Å². The zero-order chi connectivity index (χ0) is 20.8. The molecule has 7 nitrogen and oxygen atoms in total. The van der Waals surface area contributed by atoms with Crippen LogP contribution in [0.15, 0.2) is 65.3 Å². The van der Waals surface area contributed by atoms with E-state index in [1.807, 2.05) is 6.07 Å². The molecule has 3 rings (SSSR count). The number of halogens is 1. The quantitative estimate of drug-likeness (QED) is 0.625. The highest BCUT2D eigenvalue weighted by Gasteiger charge is 2.18. The first-order chi connectivity index (χ1) is 14.0. The normalized spacial score (nSPS) is 11.2. The Bertz CT molecular complexity index is 1060. The number of carbonyl (C=O) groups excluding carboxylic acids is 2. The molecule has 1 aromatic heterocycles. The summed E-state index contributed by atoms with van der Waals surface area (Å²) in [5.41, 5.74) is 1.17. The fourth-order valence-electron chi connectivity index (χ4n) is 2.42. The number of nitriles is 1. The average Bonchev–Trinajstić information content (AvgIpc) is 3.25. The highest BCUT2D eigenvalue weighted by molar-refractivity contribution is 6.31. The Hall–Kier alpha value is -3.76. The van der Waals surface area contributed by atoms with Crippen LogP contribution in [0.5, 0.6) is 5.75 Å². The van der Waals surface area contributed by atoms with Crippen molar-refractivity contribution < 1.29 is 18.7 Å². The summed E-state index contributed by atoms with van der Waals surface area (Å²) < 4.78 is 10.7. The molecule has 0 bridgehead atoms. The van der Waals surface area contributed by atoms with Gasteiger partial charge in [0.1, 0.15) is 5.75 Å². The largest absolute Gasteiger partial charge is 0.481 e. The number of nitrogens with one attached hydrogen (secondary N) is 2. The Labute approximate surface area is 171 Å². The third-order valence-electron chi connectivity index (χ3n) is 3.90. The molecule has 29 heavy (non-hydrogen) atoms. The zero-order valence-electron chi connectivity index (χ0n) is 15.3. The maximum Gasteiger partial charge on any atom is 0.291 e. The van der Waals surface area contributed by atoms with Gasteiger partial charge in [0.15, 0.2) is 11.9 Å². The maximum absolute atomic E-state index is 12.5. The SMILES string of the molecule is CC(Oc1ccc(C#N)cc1)C(=O)Nc1ccc(Cl)cc1NC(=O)c1ccco1. The van der Waals surface area contributed by atoms with Crippen molar-refractivity contribution in [3.63, 3.8) is 0 Å². The first-order valence-corrected chi connectivity index (χ1v) is 8.96. The van der Waals surface area contributed by atoms with Crippen LogP contribution in [0.3, 0.4) is 0 Å². The van der Waals surface area contributed by atoms with Crippen molar-refractivity contribution in [2.45, 2.75) is 13.0 Å². The molecule has 1 unspecified atom stereocenters. The van der Waals surface area contributed by atoms with Crippen LogP contribution in [-0.2, 0) is 4.79 Å². The molecule has 0 fully saturated rings. The van der Waals surface area contributed by atoms with Gasteiger partial charge in [0.25, 0.3) is 11.8 Å². The van der Waals surface area contributed by atoms with Crippen molar-refractivity contribution in [2.75, 3.05) is 10.6 Å². The first-order valence-electron chi connectivity index (χ1n) is 8.58. The number of furan rings is 1. The third-order valence-corrected chi connectivity index (χ3v) is 4.13. The Morgan fingerprint density at radius 2 is 1.86 bits per heavy atom. The molecule has 0 saturated heterocycles. The van der Waals surface area contributed by atoms with Crippen molar-refractivity contribution >= 4 is 34.8 Å². The summed E-state index contributed by atoms with van der Waals surface area (Å²) in [5, 5.41) is 14.6. The molecule has 0 aliphatic carbocycles. The van der Waals surface area contributed by atoms with E-state index in [1.165, 1.54) is 18.4 Å². The van der Waals surface area contributed by atoms with Crippen molar-refractivity contribution in [3.8, 4) is 11.8 Å². The summed E-state index contributed by atoms with van der Waals surface area (Å²) in [6.45, 7) is 1.59. The number of ether oxygens (including phenoxy) is 1. The minimum atomic E-state index is -0.827. The lowest BCUT2D eigenvalue weighted by molar-refractivity contribution is -0.122. The minimum absolute atomic E-state index is 0.125. The average molecular weight is 410 g/mol. The molecule has 3 aromatic rings. The molecule has 146 valence electrons. The zero-order valence-corrected chi connectivity index (χ0v) is 16.1. The maximum atomic E-state index is 12.5. The number of anilines is 2. The Morgan fingerprint density at radius 1 is 1.10 bits per heavy atom. The molecule has 0 aliphatic rings. The first kappa shape index (κ1) is 20.0. The van der Waals surface area contributed by atoms with Gasteiger partial charge in [-0.2, -0.15) is 5.26 Å². The lowest BCUT2D eigenvalue weighted by Gasteiger charge is -2.17. The summed E-state index contributed by atoms with van der Waals surface area (Å²) in [4.78, 5) is 24.8. The van der Waals surface area contributed by atoms with Crippen LogP contribution in [0.25, 0.3) is 0 Å². The molecule has 0 spiro atoms. The summed E-state index contributed by atoms with van der Waals surface area (Å²) in [6, 6.07) is 16.2. The Kier molecular flexibility index (Phi) is 6.17. The minimum Gasteiger partial charge on any atom is -0.481 e. The van der Waals surface area contributed by atoms with Gasteiger partial charge in [-0.3, -0.25) is 9.59 Å². The van der Waals surface area contributed by atoms with Crippen LogP contribution in [0.1, 0.15) is 23.0 Å². The van der Waals surface area contributed by atoms with Crippen molar-refractivity contribution in [2.24, 2.45) is 0 Å². The summed E-state index contributed by atoms with van der Waals surface area (Å²) >= 11 is 6.02. The van der Waals surface area contributed by atoms with Gasteiger partial charge in [0.05, 0.1) is 29.3 Å². The number of benzene rings is 2. The topological polar surface area (TPSA) is 104 Å². The van der Waals surface area contributed by atoms with Crippen LogP contribution in [0.4, 0.5) is 11.4 Å². The molecular formula is C21H16ClN3O4. The van der Waals surface area contributed by atoms with Crippen molar-refractivity contribution in [1.29, 1.82) is 5.26 Å². The molecule has 2 N–H and O–H groups in total. The van der Waals surface area contributed by atoms with E-state index >= 15 is 0 Å². The van der Waals surface area contributed by atoms with E-state index in [0.717, 1.165) is 0 Å². The molecule has 0 radical (unpaired) electrons. The fraction of sp³-hybridized carbons (Fsp3) is 0.0952. The van der Waals surface area contributed by atoms with E-state index in [9.17, 15) is 9.59 Å². The standard InChI is InChI=1S/C21H16ClN3O4/c1-13(29-16-7-4-14(12-23)5-8-16)20(26)24-17-9-6-15(22)11-18(17)25-21(27)19-3-2-10-28-19/h2-11,13H,1H3,(H,24,26)(H,25,27). The molecule has 1 atom stereocenters. The number of hydrogen-bond acceptors (Lipinski definition) is 5. The van der Waals surface area contributed by atoms with Crippen LogP contribution < -0.4 is 15.4 Å². The molecule has 0 saturated carbocycles. The molecule has 8 heteroatoms. The van der Waals surface area contributed by atoms with Gasteiger partial charge in [0.2, 0.25) is 0 Å². The van der Waals surface area contributed by atoms with Gasteiger partial charge in [-0.05, 0) is 61.5 Å². The van der Waals surface area contributed by atoms with Gasteiger partial charge >= 0.3 is 0 Å². The van der Waals surface area contributed by atoms with E-state index in [-0.39, 0.29) is 5.76 Å². The number of carbonyl (C=O) groups is 2. The summed E-state index contributed by atoms with van der Waals surface area (Å²) in [5.74, 6) is -0.325. The summed E-state index contributed by atoms with van der Waals surface area (Å²) in [6.07, 6.45) is 0.560. The highest BCUT2D eigenvalue weighted by atomic mass is 35.5. The molecule has 2 aromatic carbocycles. The van der Waals surface area contributed by atoms with Crippen LogP contribution in [0, 0.1) is 11.3 Å². The second kappa shape index (κ2) is 8.95. The van der Waals surface area contributed by atoms with Gasteiger partial charge in [-0.1, -0.05) is 11.6 Å². The Balaban J connectivity index is 1.70. The van der Waals surface area contributed by atoms with Crippen LogP contribution >= 0.6 is 11.6 Å². The van der Waals surface area contributed by atoms with Gasteiger partial charge in [-0.15, -0.1) is 0 Å². The van der Waals surface area contributed by atoms with E-state index in [0.29, 0.717) is 27.7 Å². The van der Waals surface area contributed by atoms with E-state index in [4.69, 9.17) is 26.0 Å². The number of amides is 2. The smallest absolute Gasteiger partial charge is 0.291 e. The van der Waals surface area contributed by atoms with Gasteiger partial charge in [0, 0.05) is 5.02 Å². The van der Waals surface area contributed by atoms with Crippen molar-refractivity contribution in [1.82, 2.24) is 0 Å². The number of nitrogens with zero attached hydrogens (tertiary/aromatic N) is 1. The fourth-order valence-corrected chi connectivity index (χ4v) is 2.59. The van der Waals surface area contributed by atoms with Gasteiger partial charge < -0.3 is 19.8 Å². The van der Waals surface area contributed by atoms with Gasteiger partial charge in [-0.25, -0.2) is 0 Å². The number of rotatable bonds is 6. The molecule has 1 heterocycles. The second-order valence-corrected chi connectivity index (χ2v) is 6.44. The second-order valence-electron chi connectivity index (χ2n) is 6.01. The lowest BCUT2D eigenvalue weighted by atomic mass is 10.2. The van der Waals surface area contributed by atoms with E-state index in [2.05, 4.69) is 10.6 Å². The highest BCUT2D eigenvalue weighted by Crippen LogP contribution is 2.27. The predicted molar refractivity (Wildman–Crippen MR) is 108 cm³/mol. The monoisotopic (exact) mass is 409 g/mol. The third kappa shape index (κ3) is 5.15. The van der Waals surface area contributed by atoms with Crippen LogP contribution in [-0.4, -0.2) is 17.9 Å². The Morgan fingerprint density at radius 3 is 2.52 bits per heavy atom. The lowest BCUT2D eigenvalue weighted by Crippen LogP contribution is -2.30. The molecule has 0 aliphatic heterocycles. The van der Waals surface area contributed by atoms with Crippen LogP contribution in [0.2, 0.25) is 5.02 Å². The molecule has 2 amide bonds.